The van der Waals surface area contributed by atoms with Gasteiger partial charge in [0, 0.05) is 12.0 Å². The Morgan fingerprint density at radius 3 is 2.80 bits per heavy atom. The maximum atomic E-state index is 11.5. The van der Waals surface area contributed by atoms with Gasteiger partial charge in [-0.05, 0) is 14.1 Å². The predicted octanol–water partition coefficient (Wildman–Crippen LogP) is -0.0490. The Kier molecular flexibility index (Phi) is 2.74. The summed E-state index contributed by atoms with van der Waals surface area (Å²) in [5, 5.41) is 0. The van der Waals surface area contributed by atoms with Gasteiger partial charge in [0.15, 0.2) is 0 Å². The molecule has 0 aromatic rings. The van der Waals surface area contributed by atoms with Gasteiger partial charge in [-0.15, -0.1) is 0 Å². The molecule has 0 saturated carbocycles. The fourth-order valence-corrected chi connectivity index (χ4v) is 3.36. The van der Waals surface area contributed by atoms with E-state index in [1.54, 1.807) is 0 Å². The molecule has 2 rings (SSSR count). The lowest BCUT2D eigenvalue weighted by molar-refractivity contribution is 0.113. The summed E-state index contributed by atoms with van der Waals surface area (Å²) in [6.07, 6.45) is 0.554. The number of likely N-dealkylation sites (N-methyl/N-ethyl adjacent to an activating group) is 1. The average Bonchev–Trinajstić information content (AvgIpc) is 2.14. The lowest BCUT2D eigenvalue weighted by Crippen LogP contribution is -2.43. The summed E-state index contributed by atoms with van der Waals surface area (Å²) in [7, 11) is 0.329. The Hall–Kier alpha value is -0.590. The Labute approximate surface area is 89.8 Å². The van der Waals surface area contributed by atoms with Crippen LogP contribution < -0.4 is 0 Å². The first-order chi connectivity index (χ1) is 6.99. The summed E-state index contributed by atoms with van der Waals surface area (Å²) in [4.78, 5) is 1.89. The highest BCUT2D eigenvalue weighted by Gasteiger charge is 2.35. The third-order valence-corrected chi connectivity index (χ3v) is 3.88. The van der Waals surface area contributed by atoms with E-state index in [4.69, 9.17) is 8.92 Å². The monoisotopic (exact) mass is 233 g/mol. The summed E-state index contributed by atoms with van der Waals surface area (Å²) >= 11 is 0. The first-order valence-electron chi connectivity index (χ1n) is 4.88. The van der Waals surface area contributed by atoms with Crippen molar-refractivity contribution in [2.24, 2.45) is 0 Å². The molecule has 2 heterocycles. The number of hydrogen-bond acceptors (Lipinski definition) is 5. The molecule has 0 radical (unpaired) electrons. The number of hydrogen-bond donors (Lipinski definition) is 0. The molecule has 15 heavy (non-hydrogen) atoms. The molecule has 0 aromatic carbocycles. The highest BCUT2D eigenvalue weighted by atomic mass is 32.2. The predicted molar refractivity (Wildman–Crippen MR) is 54.8 cm³/mol. The van der Waals surface area contributed by atoms with Crippen LogP contribution in [0.4, 0.5) is 0 Å². The summed E-state index contributed by atoms with van der Waals surface area (Å²) in [5.74, 6) is 0.605. The summed E-state index contributed by atoms with van der Waals surface area (Å²) < 4.78 is 33.3. The molecular weight excluding hydrogens is 218 g/mol. The van der Waals surface area contributed by atoms with E-state index in [-0.39, 0.29) is 11.8 Å². The van der Waals surface area contributed by atoms with Crippen LogP contribution in [0.1, 0.15) is 6.42 Å². The zero-order chi connectivity index (χ0) is 11.1. The molecule has 5 nitrogen and oxygen atoms in total. The van der Waals surface area contributed by atoms with Crippen molar-refractivity contribution < 1.29 is 17.3 Å². The van der Waals surface area contributed by atoms with Crippen LogP contribution in [-0.2, 0) is 19.0 Å². The van der Waals surface area contributed by atoms with Crippen molar-refractivity contribution in [2.45, 2.75) is 12.5 Å². The Morgan fingerprint density at radius 2 is 2.13 bits per heavy atom. The third-order valence-electron chi connectivity index (χ3n) is 2.70. The molecule has 0 aliphatic carbocycles. The maximum absolute atomic E-state index is 11.5. The van der Waals surface area contributed by atoms with E-state index in [2.05, 4.69) is 0 Å². The van der Waals surface area contributed by atoms with Crippen molar-refractivity contribution in [3.05, 3.63) is 11.3 Å². The second kappa shape index (κ2) is 3.77. The standard InChI is InChI=1S/C9H15NO4S/c1-10(2)8-6-15(11,12)14-9-3-4-13-5-7(8)9/h8H,3-6H2,1-2H3/t8-/m1/s1. The van der Waals surface area contributed by atoms with Crippen LogP contribution in [0.3, 0.4) is 0 Å². The van der Waals surface area contributed by atoms with Gasteiger partial charge in [0.1, 0.15) is 11.5 Å². The molecule has 0 unspecified atom stereocenters. The molecular formula is C9H15NO4S. The SMILES string of the molecule is CN(C)[C@@H]1CS(=O)(=O)OC2=C1COCC2. The van der Waals surface area contributed by atoms with Gasteiger partial charge in [-0.3, -0.25) is 0 Å². The topological polar surface area (TPSA) is 55.8 Å². The van der Waals surface area contributed by atoms with E-state index in [1.165, 1.54) is 0 Å². The minimum absolute atomic E-state index is 0.0161. The molecule has 86 valence electrons. The van der Waals surface area contributed by atoms with Crippen LogP contribution in [-0.4, -0.2) is 52.4 Å². The van der Waals surface area contributed by atoms with Gasteiger partial charge in [-0.2, -0.15) is 8.42 Å². The smallest absolute Gasteiger partial charge is 0.310 e. The molecule has 2 aliphatic heterocycles. The minimum Gasteiger partial charge on any atom is -0.387 e. The van der Waals surface area contributed by atoms with Gasteiger partial charge in [-0.1, -0.05) is 0 Å². The molecule has 0 aromatic heterocycles. The summed E-state index contributed by atoms with van der Waals surface area (Å²) in [6, 6.07) is -0.112. The van der Waals surface area contributed by atoms with E-state index in [1.807, 2.05) is 19.0 Å². The molecule has 0 spiro atoms. The van der Waals surface area contributed by atoms with E-state index < -0.39 is 10.1 Å². The zero-order valence-electron chi connectivity index (χ0n) is 8.89. The van der Waals surface area contributed by atoms with E-state index in [9.17, 15) is 8.42 Å². The van der Waals surface area contributed by atoms with E-state index in [0.29, 0.717) is 25.4 Å². The highest BCUT2D eigenvalue weighted by Crippen LogP contribution is 2.29. The number of nitrogens with zero attached hydrogens (tertiary/aromatic N) is 1. The van der Waals surface area contributed by atoms with Crippen LogP contribution in [0.25, 0.3) is 0 Å². The molecule has 0 bridgehead atoms. The fourth-order valence-electron chi connectivity index (χ4n) is 1.91. The molecule has 0 fully saturated rings. The first-order valence-corrected chi connectivity index (χ1v) is 6.45. The number of ether oxygens (including phenoxy) is 1. The lowest BCUT2D eigenvalue weighted by atomic mass is 10.0. The van der Waals surface area contributed by atoms with Crippen LogP contribution in [0, 0.1) is 0 Å². The normalized spacial score (nSPS) is 29.9. The van der Waals surface area contributed by atoms with Gasteiger partial charge >= 0.3 is 10.1 Å². The minimum atomic E-state index is -3.40. The highest BCUT2D eigenvalue weighted by molar-refractivity contribution is 7.86. The molecule has 0 saturated heterocycles. The largest absolute Gasteiger partial charge is 0.387 e. The molecule has 6 heteroatoms. The van der Waals surface area contributed by atoms with Crippen LogP contribution >= 0.6 is 0 Å². The van der Waals surface area contributed by atoms with Gasteiger partial charge < -0.3 is 13.8 Å². The van der Waals surface area contributed by atoms with Crippen LogP contribution in [0.15, 0.2) is 11.3 Å². The number of rotatable bonds is 1. The molecule has 0 amide bonds. The van der Waals surface area contributed by atoms with E-state index >= 15 is 0 Å². The van der Waals surface area contributed by atoms with Crippen LogP contribution in [0.2, 0.25) is 0 Å². The van der Waals surface area contributed by atoms with Crippen molar-refractivity contribution in [3.8, 4) is 0 Å². The lowest BCUT2D eigenvalue weighted by Gasteiger charge is -2.34. The van der Waals surface area contributed by atoms with Gasteiger partial charge in [-0.25, -0.2) is 0 Å². The molecule has 2 aliphatic rings. The van der Waals surface area contributed by atoms with Gasteiger partial charge in [0.2, 0.25) is 0 Å². The molecule has 1 atom stereocenters. The summed E-state index contributed by atoms with van der Waals surface area (Å²) in [5.41, 5.74) is 0.973. The van der Waals surface area contributed by atoms with Crippen molar-refractivity contribution in [2.75, 3.05) is 33.1 Å². The fraction of sp³-hybridized carbons (Fsp3) is 0.778. The van der Waals surface area contributed by atoms with Crippen molar-refractivity contribution in [3.63, 3.8) is 0 Å². The summed E-state index contributed by atoms with van der Waals surface area (Å²) in [6.45, 7) is 1.02. The maximum Gasteiger partial charge on any atom is 0.310 e. The third kappa shape index (κ3) is 2.16. The Balaban J connectivity index is 2.38. The van der Waals surface area contributed by atoms with Crippen molar-refractivity contribution in [1.29, 1.82) is 0 Å². The Morgan fingerprint density at radius 1 is 1.40 bits per heavy atom. The van der Waals surface area contributed by atoms with E-state index in [0.717, 1.165) is 5.57 Å². The van der Waals surface area contributed by atoms with Crippen molar-refractivity contribution >= 4 is 10.1 Å². The second-order valence-corrected chi connectivity index (χ2v) is 5.65. The van der Waals surface area contributed by atoms with Gasteiger partial charge in [0.25, 0.3) is 0 Å². The first kappa shape index (κ1) is 10.9. The van der Waals surface area contributed by atoms with Crippen LogP contribution in [0.5, 0.6) is 0 Å². The zero-order valence-corrected chi connectivity index (χ0v) is 9.71. The second-order valence-electron chi connectivity index (χ2n) is 4.04. The molecule has 0 N–H and O–H groups in total. The average molecular weight is 233 g/mol. The van der Waals surface area contributed by atoms with Crippen molar-refractivity contribution in [1.82, 2.24) is 4.90 Å². The Bertz CT molecular complexity index is 385. The van der Waals surface area contributed by atoms with Gasteiger partial charge in [0.05, 0.1) is 19.3 Å². The quantitative estimate of drug-likeness (QED) is 0.594.